The van der Waals surface area contributed by atoms with Gasteiger partial charge in [0.1, 0.15) is 17.3 Å². The molecule has 4 nitrogen and oxygen atoms in total. The molecule has 7 heteroatoms. The number of benzene rings is 2. The summed E-state index contributed by atoms with van der Waals surface area (Å²) in [5.74, 6) is 0.195. The fourth-order valence-electron chi connectivity index (χ4n) is 1.50. The first-order valence-electron chi connectivity index (χ1n) is 5.41. The number of halogens is 3. The van der Waals surface area contributed by atoms with E-state index in [0.717, 1.165) is 0 Å². The maximum absolute atomic E-state index is 13.3. The van der Waals surface area contributed by atoms with E-state index in [4.69, 9.17) is 27.3 Å². The molecule has 0 aliphatic carbocycles. The van der Waals surface area contributed by atoms with Gasteiger partial charge >= 0.3 is 0 Å². The zero-order valence-electron chi connectivity index (χ0n) is 9.98. The van der Waals surface area contributed by atoms with Crippen LogP contribution in [0.5, 0.6) is 11.5 Å². The molecule has 0 spiro atoms. The third kappa shape index (κ3) is 3.20. The van der Waals surface area contributed by atoms with Gasteiger partial charge in [0.25, 0.3) is 0 Å². The monoisotopic (exact) mass is 358 g/mol. The molecule has 0 heterocycles. The number of amidine groups is 1. The molecule has 3 N–H and O–H groups in total. The molecule has 0 radical (unpaired) electrons. The predicted octanol–water partition coefficient (Wildman–Crippen LogP) is 4.13. The first kappa shape index (κ1) is 14.6. The maximum Gasteiger partial charge on any atom is 0.171 e. The SMILES string of the molecule is N/C(=N/O)c1ccc(Oc2ccc(Cl)c(F)c2)cc1Br. The summed E-state index contributed by atoms with van der Waals surface area (Å²) in [5.41, 5.74) is 6.02. The van der Waals surface area contributed by atoms with Crippen LogP contribution in [0.25, 0.3) is 0 Å². The van der Waals surface area contributed by atoms with Crippen molar-refractivity contribution in [2.75, 3.05) is 0 Å². The summed E-state index contributed by atoms with van der Waals surface area (Å²) in [6, 6.07) is 9.00. The van der Waals surface area contributed by atoms with Crippen molar-refractivity contribution in [1.29, 1.82) is 0 Å². The number of nitrogens with zero attached hydrogens (tertiary/aromatic N) is 1. The van der Waals surface area contributed by atoms with Crippen LogP contribution in [0.15, 0.2) is 46.0 Å². The molecule has 2 rings (SSSR count). The van der Waals surface area contributed by atoms with Crippen LogP contribution in [0.3, 0.4) is 0 Å². The van der Waals surface area contributed by atoms with Crippen molar-refractivity contribution in [1.82, 2.24) is 0 Å². The van der Waals surface area contributed by atoms with Gasteiger partial charge in [0.05, 0.1) is 5.02 Å². The lowest BCUT2D eigenvalue weighted by Crippen LogP contribution is -2.13. The molecule has 104 valence electrons. The van der Waals surface area contributed by atoms with Crippen LogP contribution in [-0.4, -0.2) is 11.0 Å². The molecule has 0 bridgehead atoms. The minimum atomic E-state index is -0.559. The Hall–Kier alpha value is -1.79. The molecule has 0 saturated heterocycles. The Morgan fingerprint density at radius 3 is 2.50 bits per heavy atom. The highest BCUT2D eigenvalue weighted by molar-refractivity contribution is 9.10. The predicted molar refractivity (Wildman–Crippen MR) is 78.1 cm³/mol. The molecule has 0 aliphatic rings. The van der Waals surface area contributed by atoms with Crippen molar-refractivity contribution in [2.45, 2.75) is 0 Å². The van der Waals surface area contributed by atoms with Crippen LogP contribution in [0.2, 0.25) is 5.02 Å². The minimum absolute atomic E-state index is 0.0269. The largest absolute Gasteiger partial charge is 0.457 e. The van der Waals surface area contributed by atoms with Crippen molar-refractivity contribution >= 4 is 33.4 Å². The van der Waals surface area contributed by atoms with Crippen LogP contribution in [0, 0.1) is 5.82 Å². The molecule has 0 aromatic heterocycles. The number of hydrogen-bond acceptors (Lipinski definition) is 3. The second kappa shape index (κ2) is 6.11. The Balaban J connectivity index is 2.26. The van der Waals surface area contributed by atoms with E-state index in [0.29, 0.717) is 21.5 Å². The number of ether oxygens (including phenoxy) is 1. The van der Waals surface area contributed by atoms with E-state index in [1.165, 1.54) is 12.1 Å². The van der Waals surface area contributed by atoms with Gasteiger partial charge in [-0.15, -0.1) is 0 Å². The van der Waals surface area contributed by atoms with Crippen LogP contribution in [-0.2, 0) is 0 Å². The van der Waals surface area contributed by atoms with Gasteiger partial charge in [-0.25, -0.2) is 4.39 Å². The summed E-state index contributed by atoms with van der Waals surface area (Å²) < 4.78 is 19.4. The summed E-state index contributed by atoms with van der Waals surface area (Å²) >= 11 is 8.87. The lowest BCUT2D eigenvalue weighted by Gasteiger charge is -2.08. The van der Waals surface area contributed by atoms with Gasteiger partial charge in [-0.05, 0) is 46.3 Å². The highest BCUT2D eigenvalue weighted by atomic mass is 79.9. The number of hydrogen-bond donors (Lipinski definition) is 2. The normalized spacial score (nSPS) is 11.4. The van der Waals surface area contributed by atoms with E-state index in [9.17, 15) is 4.39 Å². The van der Waals surface area contributed by atoms with Crippen molar-refractivity contribution < 1.29 is 14.3 Å². The van der Waals surface area contributed by atoms with Gasteiger partial charge in [-0.2, -0.15) is 0 Å². The Morgan fingerprint density at radius 1 is 1.25 bits per heavy atom. The van der Waals surface area contributed by atoms with Crippen molar-refractivity contribution in [3.05, 3.63) is 57.3 Å². The quantitative estimate of drug-likeness (QED) is 0.375. The number of nitrogens with two attached hydrogens (primary N) is 1. The first-order chi connectivity index (χ1) is 9.51. The number of rotatable bonds is 3. The Kier molecular flexibility index (Phi) is 4.46. The minimum Gasteiger partial charge on any atom is -0.457 e. The van der Waals surface area contributed by atoms with Crippen LogP contribution in [0.4, 0.5) is 4.39 Å². The first-order valence-corrected chi connectivity index (χ1v) is 6.58. The highest BCUT2D eigenvalue weighted by Gasteiger charge is 2.08. The summed E-state index contributed by atoms with van der Waals surface area (Å²) in [4.78, 5) is 0. The van der Waals surface area contributed by atoms with Crippen molar-refractivity contribution in [3.8, 4) is 11.5 Å². The van der Waals surface area contributed by atoms with E-state index >= 15 is 0 Å². The van der Waals surface area contributed by atoms with Crippen molar-refractivity contribution in [2.24, 2.45) is 10.9 Å². The maximum atomic E-state index is 13.3. The summed E-state index contributed by atoms with van der Waals surface area (Å²) in [6.45, 7) is 0. The van der Waals surface area contributed by atoms with Gasteiger partial charge in [-0.3, -0.25) is 0 Å². The van der Waals surface area contributed by atoms with E-state index in [-0.39, 0.29) is 10.9 Å². The van der Waals surface area contributed by atoms with E-state index in [1.54, 1.807) is 24.3 Å². The van der Waals surface area contributed by atoms with Gasteiger partial charge in [-0.1, -0.05) is 16.8 Å². The molecule has 0 atom stereocenters. The average Bonchev–Trinajstić information content (AvgIpc) is 2.42. The van der Waals surface area contributed by atoms with E-state index < -0.39 is 5.82 Å². The zero-order chi connectivity index (χ0) is 14.7. The fourth-order valence-corrected chi connectivity index (χ4v) is 2.18. The molecule has 0 fully saturated rings. The van der Waals surface area contributed by atoms with Crippen molar-refractivity contribution in [3.63, 3.8) is 0 Å². The summed E-state index contributed by atoms with van der Waals surface area (Å²) in [5, 5.41) is 11.6. The second-order valence-electron chi connectivity index (χ2n) is 3.80. The highest BCUT2D eigenvalue weighted by Crippen LogP contribution is 2.28. The molecule has 2 aromatic carbocycles. The van der Waals surface area contributed by atoms with Gasteiger partial charge in [0, 0.05) is 16.1 Å². The van der Waals surface area contributed by atoms with Crippen LogP contribution in [0.1, 0.15) is 5.56 Å². The summed E-state index contributed by atoms with van der Waals surface area (Å²) in [6.07, 6.45) is 0. The summed E-state index contributed by atoms with van der Waals surface area (Å²) in [7, 11) is 0. The second-order valence-corrected chi connectivity index (χ2v) is 5.07. The number of oxime groups is 1. The average molecular weight is 360 g/mol. The smallest absolute Gasteiger partial charge is 0.171 e. The third-order valence-corrected chi connectivity index (χ3v) is 3.41. The molecule has 0 aliphatic heterocycles. The van der Waals surface area contributed by atoms with Crippen LogP contribution >= 0.6 is 27.5 Å². The lowest BCUT2D eigenvalue weighted by molar-refractivity contribution is 0.318. The van der Waals surface area contributed by atoms with Gasteiger partial charge in [0.15, 0.2) is 5.84 Å². The fraction of sp³-hybridized carbons (Fsp3) is 0. The molecular weight excluding hydrogens is 351 g/mol. The third-order valence-electron chi connectivity index (χ3n) is 2.45. The van der Waals surface area contributed by atoms with Gasteiger partial charge < -0.3 is 15.7 Å². The molecule has 0 unspecified atom stereocenters. The van der Waals surface area contributed by atoms with E-state index in [1.807, 2.05) is 0 Å². The van der Waals surface area contributed by atoms with Crippen LogP contribution < -0.4 is 10.5 Å². The molecule has 2 aromatic rings. The van der Waals surface area contributed by atoms with Gasteiger partial charge in [0.2, 0.25) is 0 Å². The Labute approximate surface area is 127 Å². The topological polar surface area (TPSA) is 67.8 Å². The molecule has 20 heavy (non-hydrogen) atoms. The Bertz CT molecular complexity index is 679. The standard InChI is InChI=1S/C13H9BrClFN2O2/c14-10-5-7(1-3-9(10)13(17)18-19)20-8-2-4-11(15)12(16)6-8/h1-6,19H,(H2,17,18). The lowest BCUT2D eigenvalue weighted by atomic mass is 10.2. The molecule has 0 amide bonds. The molecule has 0 saturated carbocycles. The van der Waals surface area contributed by atoms with E-state index in [2.05, 4.69) is 21.1 Å². The molecular formula is C13H9BrClFN2O2. The Morgan fingerprint density at radius 2 is 1.90 bits per heavy atom. The zero-order valence-corrected chi connectivity index (χ0v) is 12.3.